The predicted octanol–water partition coefficient (Wildman–Crippen LogP) is 5.59. The summed E-state index contributed by atoms with van der Waals surface area (Å²) in [5.74, 6) is -0.744. The Balaban J connectivity index is 2.06. The lowest BCUT2D eigenvalue weighted by atomic mass is 10.1. The molecule has 0 aromatic heterocycles. The van der Waals surface area contributed by atoms with Gasteiger partial charge >= 0.3 is 0 Å². The molecule has 0 heterocycles. The number of sulfonamides is 1. The first-order chi connectivity index (χ1) is 18.4. The lowest BCUT2D eigenvalue weighted by molar-refractivity contribution is -0.140. The van der Waals surface area contributed by atoms with Gasteiger partial charge in [0.25, 0.3) is 10.0 Å². The van der Waals surface area contributed by atoms with E-state index in [0.29, 0.717) is 12.1 Å². The van der Waals surface area contributed by atoms with Gasteiger partial charge in [-0.2, -0.15) is 0 Å². The maximum Gasteiger partial charge on any atom is 0.264 e. The number of rotatable bonds is 11. The van der Waals surface area contributed by atoms with E-state index in [-0.39, 0.29) is 23.4 Å². The van der Waals surface area contributed by atoms with Gasteiger partial charge in [0.2, 0.25) is 11.8 Å². The number of nitrogens with one attached hydrogen (secondary N) is 1. The second kappa shape index (κ2) is 13.3. The largest absolute Gasteiger partial charge is 0.352 e. The highest BCUT2D eigenvalue weighted by molar-refractivity contribution is 9.10. The maximum atomic E-state index is 14.0. The summed E-state index contributed by atoms with van der Waals surface area (Å²) in [7, 11) is -4.09. The van der Waals surface area contributed by atoms with E-state index < -0.39 is 28.5 Å². The van der Waals surface area contributed by atoms with Gasteiger partial charge in [-0.05, 0) is 76.1 Å². The van der Waals surface area contributed by atoms with E-state index in [1.807, 2.05) is 58.9 Å². The van der Waals surface area contributed by atoms with Crippen molar-refractivity contribution in [2.24, 2.45) is 0 Å². The molecule has 1 atom stereocenters. The first-order valence-electron chi connectivity index (χ1n) is 12.9. The van der Waals surface area contributed by atoms with E-state index in [1.165, 1.54) is 17.0 Å². The molecule has 0 fully saturated rings. The van der Waals surface area contributed by atoms with E-state index in [2.05, 4.69) is 21.2 Å². The van der Waals surface area contributed by atoms with Crippen LogP contribution in [0.3, 0.4) is 0 Å². The van der Waals surface area contributed by atoms with Crippen LogP contribution in [-0.4, -0.2) is 43.8 Å². The summed E-state index contributed by atoms with van der Waals surface area (Å²) in [6.07, 6.45) is 0.374. The summed E-state index contributed by atoms with van der Waals surface area (Å²) in [6.45, 7) is 9.11. The van der Waals surface area contributed by atoms with Crippen molar-refractivity contribution in [3.63, 3.8) is 0 Å². The fourth-order valence-electron chi connectivity index (χ4n) is 4.28. The van der Waals surface area contributed by atoms with Gasteiger partial charge in [0, 0.05) is 17.1 Å². The zero-order chi connectivity index (χ0) is 28.7. The van der Waals surface area contributed by atoms with Gasteiger partial charge in [-0.15, -0.1) is 0 Å². The van der Waals surface area contributed by atoms with Crippen molar-refractivity contribution in [1.82, 2.24) is 10.2 Å². The fourth-order valence-corrected chi connectivity index (χ4v) is 5.96. The highest BCUT2D eigenvalue weighted by Gasteiger charge is 2.33. The first kappa shape index (κ1) is 30.4. The number of anilines is 1. The Kier molecular flexibility index (Phi) is 10.3. The number of halogens is 1. The van der Waals surface area contributed by atoms with Crippen LogP contribution in [-0.2, 0) is 26.2 Å². The minimum Gasteiger partial charge on any atom is -0.352 e. The van der Waals surface area contributed by atoms with Crippen molar-refractivity contribution in [2.75, 3.05) is 10.8 Å². The van der Waals surface area contributed by atoms with Crippen LogP contribution in [0.5, 0.6) is 0 Å². The van der Waals surface area contributed by atoms with Crippen LogP contribution in [0.1, 0.15) is 43.9 Å². The van der Waals surface area contributed by atoms with Gasteiger partial charge in [0.05, 0.1) is 10.6 Å². The van der Waals surface area contributed by atoms with E-state index in [4.69, 9.17) is 0 Å². The lowest BCUT2D eigenvalue weighted by Gasteiger charge is -2.33. The van der Waals surface area contributed by atoms with Crippen LogP contribution in [0.2, 0.25) is 0 Å². The Morgan fingerprint density at radius 1 is 0.923 bits per heavy atom. The third kappa shape index (κ3) is 7.92. The quantitative estimate of drug-likeness (QED) is 0.305. The van der Waals surface area contributed by atoms with Crippen LogP contribution < -0.4 is 9.62 Å². The number of benzene rings is 3. The maximum absolute atomic E-state index is 14.0. The topological polar surface area (TPSA) is 86.8 Å². The molecule has 0 saturated carbocycles. The SMILES string of the molecule is CC[C@@H](C(=O)NC(C)C)N(Cc1cccc(C)c1)C(=O)CN(c1ccc(Br)cc1)S(=O)(=O)c1ccc(C)cc1. The Labute approximate surface area is 240 Å². The molecule has 7 nitrogen and oxygen atoms in total. The van der Waals surface area contributed by atoms with Gasteiger partial charge in [0.15, 0.2) is 0 Å². The molecule has 0 saturated heterocycles. The second-order valence-corrected chi connectivity index (χ2v) is 12.7. The molecule has 0 radical (unpaired) electrons. The number of carbonyl (C=O) groups excluding carboxylic acids is 2. The van der Waals surface area contributed by atoms with E-state index in [9.17, 15) is 18.0 Å². The number of hydrogen-bond donors (Lipinski definition) is 1. The standard InChI is InChI=1S/C30H36BrN3O4S/c1-6-28(30(36)32-21(2)3)33(19-24-9-7-8-23(5)18-24)29(35)20-34(26-14-12-25(31)13-15-26)39(37,38)27-16-10-22(4)11-17-27/h7-18,21,28H,6,19-20H2,1-5H3,(H,32,36)/t28-/m0/s1. The van der Waals surface area contributed by atoms with Crippen LogP contribution in [0.25, 0.3) is 0 Å². The number of carbonyl (C=O) groups is 2. The van der Waals surface area contributed by atoms with Crippen LogP contribution in [0.4, 0.5) is 5.69 Å². The van der Waals surface area contributed by atoms with Crippen LogP contribution >= 0.6 is 15.9 Å². The van der Waals surface area contributed by atoms with E-state index >= 15 is 0 Å². The summed E-state index contributed by atoms with van der Waals surface area (Å²) in [5.41, 5.74) is 3.16. The third-order valence-electron chi connectivity index (χ3n) is 6.25. The minimum atomic E-state index is -4.09. The zero-order valence-corrected chi connectivity index (χ0v) is 25.4. The number of nitrogens with zero attached hydrogens (tertiary/aromatic N) is 2. The Morgan fingerprint density at radius 3 is 2.13 bits per heavy atom. The van der Waals surface area contributed by atoms with E-state index in [0.717, 1.165) is 25.5 Å². The highest BCUT2D eigenvalue weighted by atomic mass is 79.9. The van der Waals surface area contributed by atoms with Crippen molar-refractivity contribution < 1.29 is 18.0 Å². The average molecular weight is 615 g/mol. The summed E-state index contributed by atoms with van der Waals surface area (Å²) in [6, 6.07) is 20.1. The molecular formula is C30H36BrN3O4S. The molecule has 1 N–H and O–H groups in total. The second-order valence-electron chi connectivity index (χ2n) is 9.90. The average Bonchev–Trinajstić information content (AvgIpc) is 2.87. The highest BCUT2D eigenvalue weighted by Crippen LogP contribution is 2.26. The van der Waals surface area contributed by atoms with Gasteiger partial charge in [0.1, 0.15) is 12.6 Å². The molecule has 3 aromatic carbocycles. The molecule has 3 aromatic rings. The summed E-state index contributed by atoms with van der Waals surface area (Å²) < 4.78 is 29.6. The zero-order valence-electron chi connectivity index (χ0n) is 23.0. The van der Waals surface area contributed by atoms with Crippen molar-refractivity contribution in [1.29, 1.82) is 0 Å². The molecule has 0 aliphatic rings. The molecule has 0 aliphatic heterocycles. The summed E-state index contributed by atoms with van der Waals surface area (Å²) >= 11 is 3.39. The van der Waals surface area contributed by atoms with E-state index in [1.54, 1.807) is 36.4 Å². The first-order valence-corrected chi connectivity index (χ1v) is 15.2. The van der Waals surface area contributed by atoms with Crippen molar-refractivity contribution >= 4 is 43.5 Å². The lowest BCUT2D eigenvalue weighted by Crippen LogP contribution is -2.53. The van der Waals surface area contributed by atoms with Gasteiger partial charge in [-0.25, -0.2) is 8.42 Å². The monoisotopic (exact) mass is 613 g/mol. The number of aryl methyl sites for hydroxylation is 2. The number of hydrogen-bond acceptors (Lipinski definition) is 4. The van der Waals surface area contributed by atoms with Crippen molar-refractivity contribution in [3.8, 4) is 0 Å². The van der Waals surface area contributed by atoms with Crippen LogP contribution in [0.15, 0.2) is 82.2 Å². The van der Waals surface area contributed by atoms with Crippen molar-refractivity contribution in [3.05, 3.63) is 94.0 Å². The normalized spacial score (nSPS) is 12.2. The molecule has 0 spiro atoms. The molecule has 0 aliphatic carbocycles. The predicted molar refractivity (Wildman–Crippen MR) is 159 cm³/mol. The summed E-state index contributed by atoms with van der Waals surface area (Å²) in [4.78, 5) is 28.8. The number of amides is 2. The van der Waals surface area contributed by atoms with Crippen molar-refractivity contribution in [2.45, 2.75) is 64.6 Å². The molecular weight excluding hydrogens is 578 g/mol. The molecule has 2 amide bonds. The molecule has 0 unspecified atom stereocenters. The van der Waals surface area contributed by atoms with Gasteiger partial charge < -0.3 is 10.2 Å². The summed E-state index contributed by atoms with van der Waals surface area (Å²) in [5, 5.41) is 2.91. The Morgan fingerprint density at radius 2 is 1.56 bits per heavy atom. The Hall–Kier alpha value is -3.17. The molecule has 9 heteroatoms. The smallest absolute Gasteiger partial charge is 0.264 e. The Bertz CT molecular complexity index is 1390. The van der Waals surface area contributed by atoms with Crippen LogP contribution in [0, 0.1) is 13.8 Å². The molecule has 39 heavy (non-hydrogen) atoms. The molecule has 3 rings (SSSR count). The molecule has 0 bridgehead atoms. The molecule has 208 valence electrons. The fraction of sp³-hybridized carbons (Fsp3) is 0.333. The van der Waals surface area contributed by atoms with Gasteiger partial charge in [-0.1, -0.05) is 70.4 Å². The third-order valence-corrected chi connectivity index (χ3v) is 8.57. The minimum absolute atomic E-state index is 0.0821. The van der Waals surface area contributed by atoms with Gasteiger partial charge in [-0.3, -0.25) is 13.9 Å².